The lowest BCUT2D eigenvalue weighted by Crippen LogP contribution is -2.55. The van der Waals surface area contributed by atoms with Gasteiger partial charge in [-0.15, -0.1) is 0 Å². The number of piperidine rings is 1. The Balaban J connectivity index is 2.25. The van der Waals surface area contributed by atoms with E-state index in [1.165, 1.54) is 0 Å². The zero-order valence-electron chi connectivity index (χ0n) is 18.0. The van der Waals surface area contributed by atoms with Gasteiger partial charge in [0.15, 0.2) is 0 Å². The number of ether oxygens (including phenoxy) is 1. The maximum absolute atomic E-state index is 12.4. The number of hydrogen-bond donors (Lipinski definition) is 2. The predicted octanol–water partition coefficient (Wildman–Crippen LogP) is 3.18. The molecule has 2 N–H and O–H groups in total. The van der Waals surface area contributed by atoms with E-state index in [1.807, 2.05) is 33.9 Å². The van der Waals surface area contributed by atoms with Crippen molar-refractivity contribution in [1.29, 1.82) is 0 Å². The van der Waals surface area contributed by atoms with Crippen molar-refractivity contribution in [2.45, 2.75) is 58.1 Å². The third-order valence-electron chi connectivity index (χ3n) is 5.62. The summed E-state index contributed by atoms with van der Waals surface area (Å²) in [4.78, 5) is 31.5. The molecule has 2 rings (SSSR count). The van der Waals surface area contributed by atoms with Crippen LogP contribution in [0, 0.1) is 0 Å². The van der Waals surface area contributed by atoms with Gasteiger partial charge in [0, 0.05) is 44.6 Å². The van der Waals surface area contributed by atoms with Crippen LogP contribution in [0.2, 0.25) is 0 Å². The van der Waals surface area contributed by atoms with Crippen LogP contribution in [0.1, 0.15) is 52.5 Å². The molecule has 0 aliphatic carbocycles. The molecule has 0 spiro atoms. The van der Waals surface area contributed by atoms with Gasteiger partial charge in [-0.1, -0.05) is 13.5 Å². The summed E-state index contributed by atoms with van der Waals surface area (Å²) in [5.41, 5.74) is 1.17. The van der Waals surface area contributed by atoms with Crippen LogP contribution in [-0.4, -0.2) is 54.3 Å². The Kier molecular flexibility index (Phi) is 6.47. The monoisotopic (exact) mass is 390 g/mol. The first-order valence-electron chi connectivity index (χ1n) is 9.85. The van der Waals surface area contributed by atoms with Gasteiger partial charge in [-0.25, -0.2) is 4.79 Å². The summed E-state index contributed by atoms with van der Waals surface area (Å²) in [6, 6.07) is 1.91. The third kappa shape index (κ3) is 4.51. The Morgan fingerprint density at radius 2 is 2.00 bits per heavy atom. The molecule has 0 radical (unpaired) electrons. The van der Waals surface area contributed by atoms with Gasteiger partial charge >= 0.3 is 6.09 Å². The average molecular weight is 391 g/mol. The van der Waals surface area contributed by atoms with E-state index in [1.54, 1.807) is 18.1 Å². The molecular formula is C21H34N4O3. The van der Waals surface area contributed by atoms with E-state index < -0.39 is 5.60 Å². The predicted molar refractivity (Wildman–Crippen MR) is 114 cm³/mol. The molecule has 1 amide bonds. The van der Waals surface area contributed by atoms with Crippen LogP contribution in [0.15, 0.2) is 23.6 Å². The van der Waals surface area contributed by atoms with Crippen molar-refractivity contribution >= 4 is 17.5 Å². The molecule has 0 atom stereocenters. The average Bonchev–Trinajstić information content (AvgIpc) is 2.65. The van der Waals surface area contributed by atoms with E-state index >= 15 is 0 Å². The smallest absolute Gasteiger partial charge is 0.410 e. The number of pyridine rings is 1. The van der Waals surface area contributed by atoms with Crippen LogP contribution in [-0.2, 0) is 4.74 Å². The van der Waals surface area contributed by atoms with E-state index in [0.29, 0.717) is 24.4 Å². The van der Waals surface area contributed by atoms with Crippen molar-refractivity contribution in [3.05, 3.63) is 34.8 Å². The lowest BCUT2D eigenvalue weighted by atomic mass is 9.83. The topological polar surface area (TPSA) is 77.7 Å². The summed E-state index contributed by atoms with van der Waals surface area (Å²) in [5.74, 6) is 0. The first-order chi connectivity index (χ1) is 13.0. The fourth-order valence-electron chi connectivity index (χ4n) is 3.78. The zero-order valence-corrected chi connectivity index (χ0v) is 18.0. The lowest BCUT2D eigenvalue weighted by molar-refractivity contribution is 0.0164. The third-order valence-corrected chi connectivity index (χ3v) is 5.62. The standard InChI is InChI=1S/C21H34N4O3/c1-8-21(10-13-25(14-11-21)19(27)28-20(3,4)5)24(7)16-9-12-23-18(26)17(16)15(2)22-6/h9,12,22H,2,8,10-11,13-14H2,1,3-7H3,(H,23,26). The Morgan fingerprint density at radius 1 is 1.39 bits per heavy atom. The molecule has 0 saturated carbocycles. The molecular weight excluding hydrogens is 356 g/mol. The maximum Gasteiger partial charge on any atom is 0.410 e. The van der Waals surface area contributed by atoms with Crippen molar-refractivity contribution in [2.24, 2.45) is 0 Å². The van der Waals surface area contributed by atoms with Gasteiger partial charge in [0.2, 0.25) is 0 Å². The van der Waals surface area contributed by atoms with E-state index in [2.05, 4.69) is 28.7 Å². The second kappa shape index (κ2) is 8.29. The van der Waals surface area contributed by atoms with Gasteiger partial charge in [0.25, 0.3) is 5.56 Å². The summed E-state index contributed by atoms with van der Waals surface area (Å²) >= 11 is 0. The number of carbonyl (C=O) groups is 1. The highest BCUT2D eigenvalue weighted by molar-refractivity contribution is 5.74. The first-order valence-corrected chi connectivity index (χ1v) is 9.85. The molecule has 7 heteroatoms. The molecule has 0 unspecified atom stereocenters. The molecule has 7 nitrogen and oxygen atoms in total. The second-order valence-corrected chi connectivity index (χ2v) is 8.40. The van der Waals surface area contributed by atoms with Crippen molar-refractivity contribution in [3.8, 4) is 0 Å². The Morgan fingerprint density at radius 3 is 2.50 bits per heavy atom. The highest BCUT2D eigenvalue weighted by Gasteiger charge is 2.39. The van der Waals surface area contributed by atoms with E-state index in [9.17, 15) is 9.59 Å². The number of rotatable bonds is 5. The van der Waals surface area contributed by atoms with Crippen LogP contribution >= 0.6 is 0 Å². The summed E-state index contributed by atoms with van der Waals surface area (Å²) in [6.45, 7) is 13.0. The fraction of sp³-hybridized carbons (Fsp3) is 0.619. The minimum absolute atomic E-state index is 0.144. The maximum atomic E-state index is 12.4. The number of anilines is 1. The molecule has 1 saturated heterocycles. The Labute approximate surface area is 167 Å². The number of carbonyl (C=O) groups excluding carboxylic acids is 1. The number of aromatic amines is 1. The summed E-state index contributed by atoms with van der Waals surface area (Å²) in [6.07, 6.45) is 3.92. The fourth-order valence-corrected chi connectivity index (χ4v) is 3.78. The van der Waals surface area contributed by atoms with Crippen LogP contribution < -0.4 is 15.8 Å². The molecule has 1 aliphatic heterocycles. The van der Waals surface area contributed by atoms with E-state index in [-0.39, 0.29) is 17.2 Å². The highest BCUT2D eigenvalue weighted by atomic mass is 16.6. The van der Waals surface area contributed by atoms with E-state index in [0.717, 1.165) is 24.9 Å². The van der Waals surface area contributed by atoms with Crippen LogP contribution in [0.4, 0.5) is 10.5 Å². The van der Waals surface area contributed by atoms with Crippen molar-refractivity contribution in [2.75, 3.05) is 32.1 Å². The largest absolute Gasteiger partial charge is 0.444 e. The number of nitrogens with zero attached hydrogens (tertiary/aromatic N) is 2. The second-order valence-electron chi connectivity index (χ2n) is 8.40. The molecule has 28 heavy (non-hydrogen) atoms. The minimum Gasteiger partial charge on any atom is -0.444 e. The van der Waals surface area contributed by atoms with Gasteiger partial charge in [0.05, 0.1) is 11.3 Å². The number of nitrogens with one attached hydrogen (secondary N) is 2. The lowest BCUT2D eigenvalue weighted by Gasteiger charge is -2.48. The van der Waals surface area contributed by atoms with Crippen LogP contribution in [0.5, 0.6) is 0 Å². The number of H-pyrrole nitrogens is 1. The quantitative estimate of drug-likeness (QED) is 0.807. The summed E-state index contributed by atoms with van der Waals surface area (Å²) in [5, 5.41) is 2.98. The number of likely N-dealkylation sites (tertiary alicyclic amines) is 1. The number of aromatic nitrogens is 1. The van der Waals surface area contributed by atoms with Gasteiger partial charge in [0.1, 0.15) is 5.60 Å². The van der Waals surface area contributed by atoms with Crippen molar-refractivity contribution in [3.63, 3.8) is 0 Å². The summed E-state index contributed by atoms with van der Waals surface area (Å²) in [7, 11) is 3.78. The van der Waals surface area contributed by atoms with Crippen LogP contribution in [0.3, 0.4) is 0 Å². The molecule has 0 aromatic carbocycles. The van der Waals surface area contributed by atoms with Gasteiger partial charge in [-0.3, -0.25) is 4.79 Å². The normalized spacial score (nSPS) is 16.4. The summed E-state index contributed by atoms with van der Waals surface area (Å²) < 4.78 is 5.51. The van der Waals surface area contributed by atoms with Crippen molar-refractivity contribution < 1.29 is 9.53 Å². The minimum atomic E-state index is -0.499. The van der Waals surface area contributed by atoms with Crippen molar-refractivity contribution in [1.82, 2.24) is 15.2 Å². The zero-order chi connectivity index (χ0) is 21.1. The molecule has 1 fully saturated rings. The molecule has 0 bridgehead atoms. The van der Waals surface area contributed by atoms with Crippen LogP contribution in [0.25, 0.3) is 5.70 Å². The molecule has 156 valence electrons. The molecule has 1 aliphatic rings. The molecule has 1 aromatic heterocycles. The number of hydrogen-bond acceptors (Lipinski definition) is 5. The Hall–Kier alpha value is -2.44. The molecule has 2 heterocycles. The van der Waals surface area contributed by atoms with Gasteiger partial charge < -0.3 is 24.8 Å². The first kappa shape index (κ1) is 21.9. The Bertz CT molecular complexity index is 771. The SMILES string of the molecule is C=C(NC)c1c(N(C)C2(CC)CCN(C(=O)OC(C)(C)C)CC2)cc[nH]c1=O. The number of amides is 1. The van der Waals surface area contributed by atoms with E-state index in [4.69, 9.17) is 4.74 Å². The van der Waals surface area contributed by atoms with Gasteiger partial charge in [-0.05, 0) is 46.1 Å². The highest BCUT2D eigenvalue weighted by Crippen LogP contribution is 2.36. The molecule has 1 aromatic rings. The van der Waals surface area contributed by atoms with Gasteiger partial charge in [-0.2, -0.15) is 0 Å².